The Morgan fingerprint density at radius 2 is 1.54 bits per heavy atom. The van der Waals surface area contributed by atoms with Crippen LogP contribution in [-0.4, -0.2) is 6.61 Å². The Morgan fingerprint density at radius 3 is 2.19 bits per heavy atom. The Kier molecular flexibility index (Phi) is 10.5. The second-order valence-electron chi connectivity index (χ2n) is 8.01. The van der Waals surface area contributed by atoms with Crippen LogP contribution in [0.4, 0.5) is 0 Å². The van der Waals surface area contributed by atoms with E-state index in [9.17, 15) is 0 Å². The molecule has 0 saturated heterocycles. The van der Waals surface area contributed by atoms with Crippen LogP contribution in [0.3, 0.4) is 0 Å². The highest BCUT2D eigenvalue weighted by Crippen LogP contribution is 2.33. The molecule has 0 radical (unpaired) electrons. The van der Waals surface area contributed by atoms with Gasteiger partial charge in [0.1, 0.15) is 5.75 Å². The summed E-state index contributed by atoms with van der Waals surface area (Å²) in [5, 5.41) is 0. The zero-order valence-corrected chi connectivity index (χ0v) is 17.3. The smallest absolute Gasteiger partial charge is 0.119 e. The molecule has 0 amide bonds. The van der Waals surface area contributed by atoms with Gasteiger partial charge in [-0.15, -0.1) is 0 Å². The highest BCUT2D eigenvalue weighted by Gasteiger charge is 2.15. The normalized spacial score (nSPS) is 17.2. The summed E-state index contributed by atoms with van der Waals surface area (Å²) in [6, 6.07) is 8.80. The second-order valence-corrected chi connectivity index (χ2v) is 8.01. The van der Waals surface area contributed by atoms with Gasteiger partial charge in [0.15, 0.2) is 0 Å². The zero-order chi connectivity index (χ0) is 18.5. The summed E-state index contributed by atoms with van der Waals surface area (Å²) in [5.41, 5.74) is 2.94. The fraction of sp³-hybridized carbons (Fsp3) is 0.680. The highest BCUT2D eigenvalue weighted by molar-refractivity contribution is 5.66. The summed E-state index contributed by atoms with van der Waals surface area (Å²) in [7, 11) is 0. The lowest BCUT2D eigenvalue weighted by Gasteiger charge is -2.22. The fourth-order valence-corrected chi connectivity index (χ4v) is 3.93. The molecule has 2 rings (SSSR count). The number of ether oxygens (including phenoxy) is 1. The molecule has 0 N–H and O–H groups in total. The molecule has 1 unspecified atom stereocenters. The topological polar surface area (TPSA) is 9.23 Å². The van der Waals surface area contributed by atoms with E-state index >= 15 is 0 Å². The van der Waals surface area contributed by atoms with E-state index in [4.69, 9.17) is 4.74 Å². The van der Waals surface area contributed by atoms with Crippen molar-refractivity contribution in [3.63, 3.8) is 0 Å². The minimum atomic E-state index is 0.853. The van der Waals surface area contributed by atoms with Crippen LogP contribution in [0.2, 0.25) is 0 Å². The average Bonchev–Trinajstić information content (AvgIpc) is 2.69. The van der Waals surface area contributed by atoms with Gasteiger partial charge < -0.3 is 4.74 Å². The van der Waals surface area contributed by atoms with Crippen LogP contribution >= 0.6 is 0 Å². The van der Waals surface area contributed by atoms with E-state index in [1.165, 1.54) is 89.0 Å². The summed E-state index contributed by atoms with van der Waals surface area (Å²) >= 11 is 0. The van der Waals surface area contributed by atoms with Crippen molar-refractivity contribution in [2.24, 2.45) is 5.92 Å². The van der Waals surface area contributed by atoms with E-state index < -0.39 is 0 Å². The Labute approximate surface area is 162 Å². The third-order valence-electron chi connectivity index (χ3n) is 5.73. The van der Waals surface area contributed by atoms with Crippen LogP contribution in [0.5, 0.6) is 5.75 Å². The molecule has 0 aromatic heterocycles. The Balaban J connectivity index is 1.68. The average molecular weight is 357 g/mol. The van der Waals surface area contributed by atoms with Crippen LogP contribution in [0.1, 0.15) is 103 Å². The maximum atomic E-state index is 5.89. The molecule has 0 heterocycles. The lowest BCUT2D eigenvalue weighted by molar-refractivity contribution is 0.304. The third-order valence-corrected chi connectivity index (χ3v) is 5.73. The first-order valence-corrected chi connectivity index (χ1v) is 11.3. The molecule has 1 aromatic rings. The quantitative estimate of drug-likeness (QED) is 0.324. The van der Waals surface area contributed by atoms with Gasteiger partial charge in [0.25, 0.3) is 0 Å². The van der Waals surface area contributed by atoms with Crippen LogP contribution < -0.4 is 4.74 Å². The molecule has 0 fully saturated rings. The summed E-state index contributed by atoms with van der Waals surface area (Å²) < 4.78 is 5.89. The van der Waals surface area contributed by atoms with E-state index in [1.54, 1.807) is 5.57 Å². The molecule has 1 nitrogen and oxygen atoms in total. The minimum absolute atomic E-state index is 0.853. The van der Waals surface area contributed by atoms with Crippen LogP contribution in [-0.2, 0) is 0 Å². The van der Waals surface area contributed by atoms with Crippen LogP contribution in [0, 0.1) is 5.92 Å². The number of allylic oxidation sites excluding steroid dienone is 2. The SMILES string of the molecule is CCCCCCCOc1ccc(C2=CCC(CCCCCC)CC2)cc1. The van der Waals surface area contributed by atoms with Crippen molar-refractivity contribution in [3.05, 3.63) is 35.9 Å². The summed E-state index contributed by atoms with van der Waals surface area (Å²) in [4.78, 5) is 0. The maximum Gasteiger partial charge on any atom is 0.119 e. The number of benzene rings is 1. The number of unbranched alkanes of at least 4 members (excludes halogenated alkanes) is 7. The maximum absolute atomic E-state index is 5.89. The van der Waals surface area contributed by atoms with Crippen LogP contribution in [0.15, 0.2) is 30.3 Å². The molecule has 26 heavy (non-hydrogen) atoms. The standard InChI is InChI=1S/C25H40O/c1-3-5-7-9-11-21-26-25-19-17-24(18-20-25)23-15-13-22(14-16-23)12-10-8-6-4-2/h15,17-20,22H,3-14,16,21H2,1-2H3. The lowest BCUT2D eigenvalue weighted by Crippen LogP contribution is -2.05. The summed E-state index contributed by atoms with van der Waals surface area (Å²) in [5.74, 6) is 1.94. The molecule has 1 atom stereocenters. The molecule has 1 aliphatic carbocycles. The van der Waals surface area contributed by atoms with Crippen molar-refractivity contribution in [1.82, 2.24) is 0 Å². The predicted octanol–water partition coefficient (Wildman–Crippen LogP) is 8.19. The molecule has 0 aliphatic heterocycles. The van der Waals surface area contributed by atoms with E-state index in [2.05, 4.69) is 44.2 Å². The first-order valence-electron chi connectivity index (χ1n) is 11.3. The first-order chi connectivity index (χ1) is 12.8. The second kappa shape index (κ2) is 13.0. The minimum Gasteiger partial charge on any atom is -0.494 e. The zero-order valence-electron chi connectivity index (χ0n) is 17.3. The van der Waals surface area contributed by atoms with Gasteiger partial charge in [-0.2, -0.15) is 0 Å². The van der Waals surface area contributed by atoms with Crippen LogP contribution in [0.25, 0.3) is 5.57 Å². The molecule has 146 valence electrons. The fourth-order valence-electron chi connectivity index (χ4n) is 3.93. The van der Waals surface area contributed by atoms with Gasteiger partial charge in [0.2, 0.25) is 0 Å². The third kappa shape index (κ3) is 7.98. The van der Waals surface area contributed by atoms with Gasteiger partial charge in [-0.1, -0.05) is 89.8 Å². The molecule has 1 aliphatic rings. The van der Waals surface area contributed by atoms with Gasteiger partial charge in [0, 0.05) is 0 Å². The molecule has 0 bridgehead atoms. The van der Waals surface area contributed by atoms with Gasteiger partial charge in [0.05, 0.1) is 6.61 Å². The van der Waals surface area contributed by atoms with Gasteiger partial charge in [-0.3, -0.25) is 0 Å². The van der Waals surface area contributed by atoms with E-state index in [-0.39, 0.29) is 0 Å². The lowest BCUT2D eigenvalue weighted by atomic mass is 9.84. The molecule has 0 spiro atoms. The van der Waals surface area contributed by atoms with E-state index in [0.717, 1.165) is 18.3 Å². The predicted molar refractivity (Wildman–Crippen MR) is 115 cm³/mol. The van der Waals surface area contributed by atoms with Gasteiger partial charge >= 0.3 is 0 Å². The van der Waals surface area contributed by atoms with Crippen molar-refractivity contribution in [2.75, 3.05) is 6.61 Å². The molecular weight excluding hydrogens is 316 g/mol. The first kappa shape index (κ1) is 21.1. The Bertz CT molecular complexity index is 499. The molecule has 0 saturated carbocycles. The highest BCUT2D eigenvalue weighted by atomic mass is 16.5. The van der Waals surface area contributed by atoms with Crippen molar-refractivity contribution >= 4 is 5.57 Å². The Hall–Kier alpha value is -1.24. The number of hydrogen-bond acceptors (Lipinski definition) is 1. The monoisotopic (exact) mass is 356 g/mol. The van der Waals surface area contributed by atoms with Crippen molar-refractivity contribution in [1.29, 1.82) is 0 Å². The van der Waals surface area contributed by atoms with E-state index in [1.807, 2.05) is 0 Å². The van der Waals surface area contributed by atoms with E-state index in [0.29, 0.717) is 0 Å². The number of hydrogen-bond donors (Lipinski definition) is 0. The summed E-state index contributed by atoms with van der Waals surface area (Å²) in [6.07, 6.45) is 19.9. The van der Waals surface area contributed by atoms with Crippen molar-refractivity contribution < 1.29 is 4.74 Å². The molecule has 1 heteroatoms. The van der Waals surface area contributed by atoms with Gasteiger partial charge in [-0.25, -0.2) is 0 Å². The molecular formula is C25H40O. The summed E-state index contributed by atoms with van der Waals surface area (Å²) in [6.45, 7) is 5.40. The largest absolute Gasteiger partial charge is 0.494 e. The molecule has 1 aromatic carbocycles. The van der Waals surface area contributed by atoms with Crippen molar-refractivity contribution in [3.8, 4) is 5.75 Å². The van der Waals surface area contributed by atoms with Crippen molar-refractivity contribution in [2.45, 2.75) is 97.3 Å². The van der Waals surface area contributed by atoms with Gasteiger partial charge in [-0.05, 0) is 54.9 Å². The number of rotatable bonds is 13. The Morgan fingerprint density at radius 1 is 0.846 bits per heavy atom.